The second kappa shape index (κ2) is 10.2. The molecular formula is C23H25BrN2O3S. The van der Waals surface area contributed by atoms with Crippen LogP contribution < -0.4 is 15.0 Å². The van der Waals surface area contributed by atoms with Gasteiger partial charge in [0.15, 0.2) is 0 Å². The predicted molar refractivity (Wildman–Crippen MR) is 126 cm³/mol. The number of fused-ring (bicyclic) bond motifs is 1. The lowest BCUT2D eigenvalue weighted by molar-refractivity contribution is -0.122. The number of benzene rings is 2. The fourth-order valence-corrected chi connectivity index (χ4v) is 4.66. The molecule has 1 aliphatic heterocycles. The van der Waals surface area contributed by atoms with E-state index in [1.165, 1.54) is 11.8 Å². The minimum absolute atomic E-state index is 0.00184. The number of hydrogen-bond acceptors (Lipinski definition) is 4. The van der Waals surface area contributed by atoms with E-state index in [2.05, 4.69) is 35.1 Å². The largest absolute Gasteiger partial charge is 0.496 e. The molecule has 2 aromatic rings. The van der Waals surface area contributed by atoms with Gasteiger partial charge in [-0.25, -0.2) is 0 Å². The third-order valence-electron chi connectivity index (χ3n) is 4.65. The standard InChI is InChI=1S/C23H25BrN2O3S/c1-15(2)10-11-25-22(27)14-26-18-6-4-5-7-20(18)30-21(23(26)28)13-16-8-9-19(29-3)17(24)12-16/h4-9,12-13,15H,10-11,14H2,1-3H3,(H,25,27). The minimum Gasteiger partial charge on any atom is -0.496 e. The summed E-state index contributed by atoms with van der Waals surface area (Å²) in [5.41, 5.74) is 1.64. The monoisotopic (exact) mass is 488 g/mol. The number of halogens is 1. The van der Waals surface area contributed by atoms with E-state index < -0.39 is 0 Å². The lowest BCUT2D eigenvalue weighted by Crippen LogP contribution is -2.43. The SMILES string of the molecule is COc1ccc(C=C2Sc3ccccc3N(CC(=O)NCCC(C)C)C2=O)cc1Br. The van der Waals surface area contributed by atoms with Crippen LogP contribution in [0.15, 0.2) is 56.7 Å². The van der Waals surface area contributed by atoms with Crippen molar-refractivity contribution in [2.75, 3.05) is 25.1 Å². The maximum atomic E-state index is 13.2. The number of thioether (sulfide) groups is 1. The summed E-state index contributed by atoms with van der Waals surface area (Å²) in [7, 11) is 1.61. The Morgan fingerprint density at radius 2 is 2.03 bits per heavy atom. The van der Waals surface area contributed by atoms with Crippen molar-refractivity contribution < 1.29 is 14.3 Å². The van der Waals surface area contributed by atoms with E-state index in [0.29, 0.717) is 17.4 Å². The van der Waals surface area contributed by atoms with Crippen molar-refractivity contribution in [3.63, 3.8) is 0 Å². The average Bonchev–Trinajstić information content (AvgIpc) is 2.71. The fourth-order valence-electron chi connectivity index (χ4n) is 3.04. The Morgan fingerprint density at radius 3 is 2.73 bits per heavy atom. The number of methoxy groups -OCH3 is 1. The molecule has 0 unspecified atom stereocenters. The van der Waals surface area contributed by atoms with Crippen LogP contribution in [0, 0.1) is 5.92 Å². The van der Waals surface area contributed by atoms with Crippen molar-refractivity contribution in [1.29, 1.82) is 0 Å². The first-order valence-electron chi connectivity index (χ1n) is 9.79. The fraction of sp³-hybridized carbons (Fsp3) is 0.304. The van der Waals surface area contributed by atoms with Gasteiger partial charge in [0.05, 0.1) is 22.2 Å². The van der Waals surface area contributed by atoms with Crippen molar-refractivity contribution in [2.45, 2.75) is 25.2 Å². The molecule has 0 saturated heterocycles. The molecule has 0 atom stereocenters. The van der Waals surface area contributed by atoms with E-state index in [4.69, 9.17) is 4.74 Å². The molecule has 0 bridgehead atoms. The van der Waals surface area contributed by atoms with Crippen LogP contribution >= 0.6 is 27.7 Å². The van der Waals surface area contributed by atoms with Crippen molar-refractivity contribution in [3.8, 4) is 5.75 Å². The number of nitrogens with one attached hydrogen (secondary N) is 1. The molecule has 7 heteroatoms. The van der Waals surface area contributed by atoms with Crippen molar-refractivity contribution in [2.24, 2.45) is 5.92 Å². The summed E-state index contributed by atoms with van der Waals surface area (Å²) in [4.78, 5) is 28.8. The van der Waals surface area contributed by atoms with Crippen LogP contribution in [0.3, 0.4) is 0 Å². The maximum Gasteiger partial charge on any atom is 0.265 e. The molecule has 3 rings (SSSR count). The summed E-state index contributed by atoms with van der Waals surface area (Å²) < 4.78 is 6.09. The van der Waals surface area contributed by atoms with Gasteiger partial charge in [0, 0.05) is 11.4 Å². The van der Waals surface area contributed by atoms with Gasteiger partial charge in [-0.3, -0.25) is 14.5 Å². The molecule has 1 heterocycles. The molecule has 2 aromatic carbocycles. The summed E-state index contributed by atoms with van der Waals surface area (Å²) in [6.45, 7) is 4.83. The van der Waals surface area contributed by atoms with E-state index in [0.717, 1.165) is 32.8 Å². The van der Waals surface area contributed by atoms with Crippen LogP contribution in [0.4, 0.5) is 5.69 Å². The molecule has 1 N–H and O–H groups in total. The van der Waals surface area contributed by atoms with E-state index in [1.54, 1.807) is 12.0 Å². The van der Waals surface area contributed by atoms with Crippen molar-refractivity contribution >= 4 is 51.3 Å². The molecule has 0 radical (unpaired) electrons. The Morgan fingerprint density at radius 1 is 1.27 bits per heavy atom. The van der Waals surface area contributed by atoms with Gasteiger partial charge in [0.25, 0.3) is 5.91 Å². The third kappa shape index (κ3) is 5.46. The van der Waals surface area contributed by atoms with Crippen molar-refractivity contribution in [3.05, 3.63) is 57.4 Å². The van der Waals surface area contributed by atoms with Gasteiger partial charge < -0.3 is 10.1 Å². The number of amides is 2. The number of anilines is 1. The van der Waals surface area contributed by atoms with E-state index >= 15 is 0 Å². The van der Waals surface area contributed by atoms with Crippen LogP contribution in [-0.4, -0.2) is 32.0 Å². The number of hydrogen-bond donors (Lipinski definition) is 1. The number of carbonyl (C=O) groups is 2. The summed E-state index contributed by atoms with van der Waals surface area (Å²) in [6, 6.07) is 13.3. The molecule has 0 fully saturated rings. The van der Waals surface area contributed by atoms with Gasteiger partial charge in [0.1, 0.15) is 12.3 Å². The van der Waals surface area contributed by atoms with Gasteiger partial charge in [-0.2, -0.15) is 0 Å². The third-order valence-corrected chi connectivity index (χ3v) is 6.35. The molecule has 158 valence electrons. The van der Waals surface area contributed by atoms with Gasteiger partial charge in [-0.1, -0.05) is 43.8 Å². The first-order chi connectivity index (χ1) is 14.4. The van der Waals surface area contributed by atoms with Crippen LogP contribution in [0.25, 0.3) is 6.08 Å². The first kappa shape index (κ1) is 22.4. The highest BCUT2D eigenvalue weighted by Gasteiger charge is 2.30. The van der Waals surface area contributed by atoms with Crippen LogP contribution in [0.2, 0.25) is 0 Å². The molecule has 0 saturated carbocycles. The van der Waals surface area contributed by atoms with Gasteiger partial charge in [-0.15, -0.1) is 0 Å². The van der Waals surface area contributed by atoms with E-state index in [1.807, 2.05) is 48.5 Å². The van der Waals surface area contributed by atoms with Gasteiger partial charge in [-0.05, 0) is 64.2 Å². The summed E-state index contributed by atoms with van der Waals surface area (Å²) in [6.07, 6.45) is 2.75. The Hall–Kier alpha value is -2.25. The maximum absolute atomic E-state index is 13.2. The van der Waals surface area contributed by atoms with Gasteiger partial charge in [0.2, 0.25) is 5.91 Å². The molecule has 5 nitrogen and oxygen atoms in total. The zero-order valence-electron chi connectivity index (χ0n) is 17.3. The Kier molecular flexibility index (Phi) is 7.61. The molecule has 0 spiro atoms. The molecule has 0 aliphatic carbocycles. The minimum atomic E-state index is -0.176. The number of nitrogens with zero attached hydrogens (tertiary/aromatic N) is 1. The Bertz CT molecular complexity index is 975. The topological polar surface area (TPSA) is 58.6 Å². The van der Waals surface area contributed by atoms with Crippen LogP contribution in [0.1, 0.15) is 25.8 Å². The van der Waals surface area contributed by atoms with Crippen LogP contribution in [0.5, 0.6) is 5.75 Å². The number of carbonyl (C=O) groups excluding carboxylic acids is 2. The summed E-state index contributed by atoms with van der Waals surface area (Å²) >= 11 is 4.90. The Balaban J connectivity index is 1.85. The lowest BCUT2D eigenvalue weighted by Gasteiger charge is -2.29. The second-order valence-electron chi connectivity index (χ2n) is 7.40. The highest BCUT2D eigenvalue weighted by atomic mass is 79.9. The molecule has 0 aromatic heterocycles. The van der Waals surface area contributed by atoms with Gasteiger partial charge >= 0.3 is 0 Å². The van der Waals surface area contributed by atoms with E-state index in [9.17, 15) is 9.59 Å². The number of para-hydroxylation sites is 1. The lowest BCUT2D eigenvalue weighted by atomic mass is 10.1. The molecular weight excluding hydrogens is 464 g/mol. The number of rotatable bonds is 7. The zero-order chi connectivity index (χ0) is 21.7. The molecule has 1 aliphatic rings. The number of ether oxygens (including phenoxy) is 1. The molecule has 2 amide bonds. The quantitative estimate of drug-likeness (QED) is 0.550. The average molecular weight is 489 g/mol. The Labute approximate surface area is 190 Å². The highest BCUT2D eigenvalue weighted by Crippen LogP contribution is 2.42. The smallest absolute Gasteiger partial charge is 0.265 e. The zero-order valence-corrected chi connectivity index (χ0v) is 19.7. The normalized spacial score (nSPS) is 14.8. The highest BCUT2D eigenvalue weighted by molar-refractivity contribution is 9.10. The van der Waals surface area contributed by atoms with Crippen LogP contribution in [-0.2, 0) is 9.59 Å². The summed E-state index contributed by atoms with van der Waals surface area (Å²) in [5.74, 6) is 0.907. The summed E-state index contributed by atoms with van der Waals surface area (Å²) in [5, 5.41) is 2.92. The predicted octanol–water partition coefficient (Wildman–Crippen LogP) is 5.10. The van der Waals surface area contributed by atoms with Crippen molar-refractivity contribution in [1.82, 2.24) is 5.32 Å². The second-order valence-corrected chi connectivity index (χ2v) is 9.33. The molecule has 30 heavy (non-hydrogen) atoms. The van der Waals surface area contributed by atoms with E-state index in [-0.39, 0.29) is 18.4 Å². The first-order valence-corrected chi connectivity index (χ1v) is 11.4.